The average Bonchev–Trinajstić information content (AvgIpc) is 2.65. The molecule has 0 saturated heterocycles. The molecule has 0 atom stereocenters. The summed E-state index contributed by atoms with van der Waals surface area (Å²) in [5.41, 5.74) is 1.88. The van der Waals surface area contributed by atoms with Crippen molar-refractivity contribution >= 4 is 11.9 Å². The first kappa shape index (κ1) is 18.1. The van der Waals surface area contributed by atoms with E-state index in [-0.39, 0.29) is 11.4 Å². The third kappa shape index (κ3) is 3.81. The molecule has 0 aromatic heterocycles. The summed E-state index contributed by atoms with van der Waals surface area (Å²) in [5.74, 6) is 1.12. The van der Waals surface area contributed by atoms with Crippen LogP contribution < -0.4 is 14.2 Å². The lowest BCUT2D eigenvalue weighted by Crippen LogP contribution is -2.04. The van der Waals surface area contributed by atoms with Crippen LogP contribution in [-0.2, 0) is 0 Å². The monoisotopic (exact) mass is 337 g/mol. The highest BCUT2D eigenvalue weighted by atomic mass is 16.5. The number of hydrogen-bond donors (Lipinski definition) is 0. The third-order valence-electron chi connectivity index (χ3n) is 3.79. The molecule has 0 heterocycles. The second-order valence-corrected chi connectivity index (χ2v) is 5.26. The Bertz CT molecular complexity index is 862. The second-order valence-electron chi connectivity index (χ2n) is 5.26. The molecule has 0 aliphatic carbocycles. The van der Waals surface area contributed by atoms with Crippen molar-refractivity contribution in [3.05, 3.63) is 58.7 Å². The number of carbonyl (C=O) groups is 1. The van der Waals surface area contributed by atoms with Gasteiger partial charge in [0.15, 0.2) is 11.5 Å². The van der Waals surface area contributed by atoms with E-state index in [0.717, 1.165) is 5.56 Å². The molecule has 0 saturated carbocycles. The average molecular weight is 337 g/mol. The van der Waals surface area contributed by atoms with Gasteiger partial charge in [-0.25, -0.2) is 0 Å². The minimum Gasteiger partial charge on any atom is -0.496 e. The number of ether oxygens (including phenoxy) is 3. The number of ketones is 1. The molecule has 0 aliphatic heterocycles. The molecule has 0 radical (unpaired) electrons. The Kier molecular flexibility index (Phi) is 5.80. The summed E-state index contributed by atoms with van der Waals surface area (Å²) in [6.45, 7) is 1.83. The highest BCUT2D eigenvalue weighted by Crippen LogP contribution is 2.35. The predicted molar refractivity (Wildman–Crippen MR) is 95.2 cm³/mol. The van der Waals surface area contributed by atoms with Crippen molar-refractivity contribution in [2.75, 3.05) is 21.3 Å². The fourth-order valence-electron chi connectivity index (χ4n) is 2.44. The summed E-state index contributed by atoms with van der Waals surface area (Å²) in [6, 6.07) is 12.4. The van der Waals surface area contributed by atoms with Gasteiger partial charge in [-0.15, -0.1) is 0 Å². The smallest absolute Gasteiger partial charge is 0.203 e. The van der Waals surface area contributed by atoms with Crippen molar-refractivity contribution in [2.24, 2.45) is 0 Å². The van der Waals surface area contributed by atoms with E-state index in [1.807, 2.05) is 25.1 Å². The van der Waals surface area contributed by atoms with Gasteiger partial charge in [-0.2, -0.15) is 5.26 Å². The Morgan fingerprint density at radius 2 is 1.60 bits per heavy atom. The van der Waals surface area contributed by atoms with Crippen LogP contribution in [-0.4, -0.2) is 27.1 Å². The summed E-state index contributed by atoms with van der Waals surface area (Å²) in [7, 11) is 4.55. The van der Waals surface area contributed by atoms with Gasteiger partial charge in [-0.3, -0.25) is 4.79 Å². The van der Waals surface area contributed by atoms with Gasteiger partial charge >= 0.3 is 0 Å². The van der Waals surface area contributed by atoms with E-state index in [9.17, 15) is 10.1 Å². The quantitative estimate of drug-likeness (QED) is 0.455. The van der Waals surface area contributed by atoms with Crippen LogP contribution in [0, 0.1) is 18.3 Å². The fraction of sp³-hybridized carbons (Fsp3) is 0.200. The van der Waals surface area contributed by atoms with Crippen LogP contribution in [0.5, 0.6) is 17.2 Å². The zero-order valence-electron chi connectivity index (χ0n) is 14.6. The highest BCUT2D eigenvalue weighted by Gasteiger charge is 2.17. The molecule has 128 valence electrons. The molecule has 25 heavy (non-hydrogen) atoms. The van der Waals surface area contributed by atoms with Crippen LogP contribution in [0.15, 0.2) is 42.0 Å². The van der Waals surface area contributed by atoms with Gasteiger partial charge in [0.2, 0.25) is 5.78 Å². The van der Waals surface area contributed by atoms with E-state index < -0.39 is 0 Å². The Balaban J connectivity index is 2.55. The normalized spacial score (nSPS) is 10.8. The van der Waals surface area contributed by atoms with Crippen LogP contribution >= 0.6 is 0 Å². The Labute approximate surface area is 147 Å². The molecule has 0 bridgehead atoms. The van der Waals surface area contributed by atoms with E-state index in [1.165, 1.54) is 27.4 Å². The molecule has 2 aromatic carbocycles. The van der Waals surface area contributed by atoms with Crippen molar-refractivity contribution < 1.29 is 19.0 Å². The number of benzene rings is 2. The number of carbonyl (C=O) groups excluding carboxylic acids is 1. The lowest BCUT2D eigenvalue weighted by Gasteiger charge is -2.12. The zero-order chi connectivity index (χ0) is 18.4. The van der Waals surface area contributed by atoms with Crippen LogP contribution in [0.25, 0.3) is 6.08 Å². The Morgan fingerprint density at radius 1 is 1.00 bits per heavy atom. The van der Waals surface area contributed by atoms with E-state index in [0.29, 0.717) is 28.4 Å². The largest absolute Gasteiger partial charge is 0.496 e. The van der Waals surface area contributed by atoms with Crippen molar-refractivity contribution in [1.82, 2.24) is 0 Å². The summed E-state index contributed by atoms with van der Waals surface area (Å²) >= 11 is 0. The number of rotatable bonds is 6. The van der Waals surface area contributed by atoms with Crippen LogP contribution in [0.4, 0.5) is 0 Å². The SMILES string of the molecule is COc1cc(OC)c(OC)cc1/C=C(\C#N)C(=O)c1ccccc1C. The first-order chi connectivity index (χ1) is 12.0. The van der Waals surface area contributed by atoms with Gasteiger partial charge in [0.05, 0.1) is 21.3 Å². The van der Waals surface area contributed by atoms with Crippen LogP contribution in [0.2, 0.25) is 0 Å². The van der Waals surface area contributed by atoms with Gasteiger partial charge in [-0.1, -0.05) is 24.3 Å². The molecular weight excluding hydrogens is 318 g/mol. The Hall–Kier alpha value is -3.26. The van der Waals surface area contributed by atoms with E-state index in [4.69, 9.17) is 14.2 Å². The lowest BCUT2D eigenvalue weighted by atomic mass is 9.98. The number of hydrogen-bond acceptors (Lipinski definition) is 5. The van der Waals surface area contributed by atoms with E-state index in [1.54, 1.807) is 24.3 Å². The lowest BCUT2D eigenvalue weighted by molar-refractivity contribution is 0.103. The first-order valence-corrected chi connectivity index (χ1v) is 7.57. The van der Waals surface area contributed by atoms with Crippen LogP contribution in [0.1, 0.15) is 21.5 Å². The predicted octanol–water partition coefficient (Wildman–Crippen LogP) is 3.81. The molecule has 5 heteroatoms. The minimum atomic E-state index is -0.336. The first-order valence-electron chi connectivity index (χ1n) is 7.57. The van der Waals surface area contributed by atoms with Gasteiger partial charge in [0, 0.05) is 17.2 Å². The maximum absolute atomic E-state index is 12.7. The topological polar surface area (TPSA) is 68.6 Å². The van der Waals surface area contributed by atoms with Crippen molar-refractivity contribution in [1.29, 1.82) is 5.26 Å². The van der Waals surface area contributed by atoms with Gasteiger partial charge in [0.1, 0.15) is 17.4 Å². The fourth-order valence-corrected chi connectivity index (χ4v) is 2.44. The van der Waals surface area contributed by atoms with Gasteiger partial charge < -0.3 is 14.2 Å². The number of methoxy groups -OCH3 is 3. The number of nitrogens with zero attached hydrogens (tertiary/aromatic N) is 1. The molecule has 2 rings (SSSR count). The molecule has 0 fully saturated rings. The van der Waals surface area contributed by atoms with Crippen molar-refractivity contribution in [3.8, 4) is 23.3 Å². The molecular formula is C20H19NO4. The molecule has 0 aliphatic rings. The van der Waals surface area contributed by atoms with E-state index >= 15 is 0 Å². The molecule has 0 spiro atoms. The summed E-state index contributed by atoms with van der Waals surface area (Å²) in [5, 5.41) is 9.46. The molecule has 0 amide bonds. The maximum atomic E-state index is 12.7. The molecule has 0 unspecified atom stereocenters. The summed E-state index contributed by atoms with van der Waals surface area (Å²) < 4.78 is 15.9. The molecule has 0 N–H and O–H groups in total. The number of allylic oxidation sites excluding steroid dienone is 1. The maximum Gasteiger partial charge on any atom is 0.203 e. The zero-order valence-corrected chi connectivity index (χ0v) is 14.6. The highest BCUT2D eigenvalue weighted by molar-refractivity contribution is 6.14. The summed E-state index contributed by atoms with van der Waals surface area (Å²) in [6.07, 6.45) is 1.50. The second kappa shape index (κ2) is 8.02. The Morgan fingerprint density at radius 3 is 2.16 bits per heavy atom. The van der Waals surface area contributed by atoms with Crippen molar-refractivity contribution in [3.63, 3.8) is 0 Å². The third-order valence-corrected chi connectivity index (χ3v) is 3.79. The standard InChI is InChI=1S/C20H19NO4/c1-13-7-5-6-8-16(13)20(22)15(12-21)9-14-10-18(24-3)19(25-4)11-17(14)23-2/h5-11H,1-4H3/b15-9+. The van der Waals surface area contributed by atoms with Crippen LogP contribution in [0.3, 0.4) is 0 Å². The molecule has 5 nitrogen and oxygen atoms in total. The van der Waals surface area contributed by atoms with E-state index in [2.05, 4.69) is 0 Å². The number of aryl methyl sites for hydroxylation is 1. The minimum absolute atomic E-state index is 0.0137. The van der Waals surface area contributed by atoms with Gasteiger partial charge in [-0.05, 0) is 24.6 Å². The van der Waals surface area contributed by atoms with Crippen molar-refractivity contribution in [2.45, 2.75) is 6.92 Å². The number of Topliss-reactive ketones (excluding diaryl/α,β-unsaturated/α-hetero) is 1. The number of nitriles is 1. The molecule has 2 aromatic rings. The summed E-state index contributed by atoms with van der Waals surface area (Å²) in [4.78, 5) is 12.7. The van der Waals surface area contributed by atoms with Gasteiger partial charge in [0.25, 0.3) is 0 Å².